The maximum Gasteiger partial charge on any atom is 0.241 e. The zero-order valence-electron chi connectivity index (χ0n) is 11.8. The molecular formula is C14H20N2O2S. The van der Waals surface area contributed by atoms with Crippen LogP contribution in [0.15, 0.2) is 23.1 Å². The Kier molecular flexibility index (Phi) is 4.72. The third-order valence-corrected chi connectivity index (χ3v) is 5.07. The standard InChI is InChI=1S/C14H20N2O2S/c1-5-14(6-2,10-15)16-19(17,18)13-8-7-11(3)12(4)9-13/h7-9,16H,5-6H2,1-4H3. The Morgan fingerprint density at radius 2 is 1.79 bits per heavy atom. The van der Waals surface area contributed by atoms with Crippen LogP contribution in [-0.4, -0.2) is 14.0 Å². The minimum Gasteiger partial charge on any atom is -0.207 e. The second-order valence-electron chi connectivity index (χ2n) is 4.75. The van der Waals surface area contributed by atoms with Crippen molar-refractivity contribution < 1.29 is 8.42 Å². The fraction of sp³-hybridized carbons (Fsp3) is 0.500. The van der Waals surface area contributed by atoms with Crippen molar-refractivity contribution in [1.29, 1.82) is 5.26 Å². The Balaban J connectivity index is 3.18. The first-order valence-electron chi connectivity index (χ1n) is 6.32. The van der Waals surface area contributed by atoms with E-state index in [0.717, 1.165) is 11.1 Å². The summed E-state index contributed by atoms with van der Waals surface area (Å²) in [5.74, 6) is 0. The molecule has 19 heavy (non-hydrogen) atoms. The third kappa shape index (κ3) is 3.34. The van der Waals surface area contributed by atoms with Gasteiger partial charge in [0.05, 0.1) is 11.0 Å². The number of nitrogens with one attached hydrogen (secondary N) is 1. The Bertz CT molecular complexity index is 596. The molecule has 0 aliphatic heterocycles. The third-order valence-electron chi connectivity index (χ3n) is 3.54. The van der Waals surface area contributed by atoms with E-state index in [1.54, 1.807) is 32.0 Å². The lowest BCUT2D eigenvalue weighted by Crippen LogP contribution is -2.46. The summed E-state index contributed by atoms with van der Waals surface area (Å²) >= 11 is 0. The van der Waals surface area contributed by atoms with Gasteiger partial charge in [0, 0.05) is 0 Å². The number of aryl methyl sites for hydroxylation is 2. The summed E-state index contributed by atoms with van der Waals surface area (Å²) in [5, 5.41) is 9.21. The van der Waals surface area contributed by atoms with Crippen molar-refractivity contribution in [1.82, 2.24) is 4.72 Å². The van der Waals surface area contributed by atoms with E-state index in [9.17, 15) is 13.7 Å². The molecule has 0 saturated heterocycles. The van der Waals surface area contributed by atoms with Gasteiger partial charge in [-0.05, 0) is 49.9 Å². The average Bonchev–Trinajstić information content (AvgIpc) is 2.39. The van der Waals surface area contributed by atoms with Crippen LogP contribution >= 0.6 is 0 Å². The minimum absolute atomic E-state index is 0.206. The molecule has 0 atom stereocenters. The molecule has 1 rings (SSSR count). The molecule has 1 aromatic rings. The number of hydrogen-bond donors (Lipinski definition) is 1. The van der Waals surface area contributed by atoms with Crippen LogP contribution in [0.3, 0.4) is 0 Å². The lowest BCUT2D eigenvalue weighted by molar-refractivity contribution is 0.446. The van der Waals surface area contributed by atoms with E-state index in [2.05, 4.69) is 10.8 Å². The van der Waals surface area contributed by atoms with Crippen LogP contribution in [0.4, 0.5) is 0 Å². The van der Waals surface area contributed by atoms with Gasteiger partial charge in [-0.3, -0.25) is 0 Å². The number of nitriles is 1. The molecular weight excluding hydrogens is 260 g/mol. The predicted molar refractivity (Wildman–Crippen MR) is 75.2 cm³/mol. The number of sulfonamides is 1. The Hall–Kier alpha value is -1.38. The Morgan fingerprint density at radius 1 is 1.21 bits per heavy atom. The van der Waals surface area contributed by atoms with Crippen molar-refractivity contribution in [2.24, 2.45) is 0 Å². The molecule has 0 heterocycles. The molecule has 1 N–H and O–H groups in total. The van der Waals surface area contributed by atoms with Crippen LogP contribution in [0, 0.1) is 25.2 Å². The summed E-state index contributed by atoms with van der Waals surface area (Å²) in [7, 11) is -3.67. The molecule has 0 saturated carbocycles. The maximum absolute atomic E-state index is 12.3. The molecule has 0 aliphatic carbocycles. The van der Waals surface area contributed by atoms with Gasteiger partial charge in [-0.15, -0.1) is 0 Å². The van der Waals surface area contributed by atoms with Crippen molar-refractivity contribution in [2.45, 2.75) is 51.0 Å². The first-order valence-corrected chi connectivity index (χ1v) is 7.81. The SMILES string of the molecule is CCC(C#N)(CC)NS(=O)(=O)c1ccc(C)c(C)c1. The van der Waals surface area contributed by atoms with E-state index in [-0.39, 0.29) is 4.90 Å². The summed E-state index contributed by atoms with van der Waals surface area (Å²) in [6.07, 6.45) is 0.869. The highest BCUT2D eigenvalue weighted by Crippen LogP contribution is 2.20. The quantitative estimate of drug-likeness (QED) is 0.901. The molecule has 0 bridgehead atoms. The molecule has 0 fully saturated rings. The summed E-state index contributed by atoms with van der Waals surface area (Å²) in [5.41, 5.74) is 0.923. The highest BCUT2D eigenvalue weighted by Gasteiger charge is 2.32. The lowest BCUT2D eigenvalue weighted by atomic mass is 9.97. The monoisotopic (exact) mass is 280 g/mol. The summed E-state index contributed by atoms with van der Waals surface area (Å²) in [4.78, 5) is 0.206. The van der Waals surface area contributed by atoms with E-state index < -0.39 is 15.6 Å². The lowest BCUT2D eigenvalue weighted by Gasteiger charge is -2.24. The van der Waals surface area contributed by atoms with E-state index >= 15 is 0 Å². The number of rotatable bonds is 5. The number of hydrogen-bond acceptors (Lipinski definition) is 3. The smallest absolute Gasteiger partial charge is 0.207 e. The van der Waals surface area contributed by atoms with Gasteiger partial charge in [-0.25, -0.2) is 8.42 Å². The molecule has 0 amide bonds. The van der Waals surface area contributed by atoms with Crippen LogP contribution in [0.2, 0.25) is 0 Å². The van der Waals surface area contributed by atoms with Gasteiger partial charge in [0.2, 0.25) is 10.0 Å². The second-order valence-corrected chi connectivity index (χ2v) is 6.43. The zero-order valence-corrected chi connectivity index (χ0v) is 12.6. The highest BCUT2D eigenvalue weighted by atomic mass is 32.2. The van der Waals surface area contributed by atoms with Crippen molar-refractivity contribution in [3.05, 3.63) is 29.3 Å². The van der Waals surface area contributed by atoms with E-state index in [1.807, 2.05) is 13.8 Å². The molecule has 0 unspecified atom stereocenters. The summed E-state index contributed by atoms with van der Waals surface area (Å²) in [6, 6.07) is 7.05. The second kappa shape index (κ2) is 5.72. The normalized spacial score (nSPS) is 12.2. The van der Waals surface area contributed by atoms with Gasteiger partial charge in [-0.2, -0.15) is 9.98 Å². The van der Waals surface area contributed by atoms with Gasteiger partial charge < -0.3 is 0 Å². The Labute approximate surface area is 115 Å². The fourth-order valence-corrected chi connectivity index (χ4v) is 3.32. The number of benzene rings is 1. The molecule has 1 aromatic carbocycles. The zero-order chi connectivity index (χ0) is 14.7. The molecule has 0 radical (unpaired) electrons. The van der Waals surface area contributed by atoms with Crippen LogP contribution < -0.4 is 4.72 Å². The first kappa shape index (κ1) is 15.7. The van der Waals surface area contributed by atoms with E-state index in [4.69, 9.17) is 0 Å². The summed E-state index contributed by atoms with van der Waals surface area (Å²) < 4.78 is 27.2. The molecule has 0 aliphatic rings. The molecule has 5 heteroatoms. The fourth-order valence-electron chi connectivity index (χ4n) is 1.77. The Morgan fingerprint density at radius 3 is 2.21 bits per heavy atom. The average molecular weight is 280 g/mol. The van der Waals surface area contributed by atoms with Crippen LogP contribution in [0.5, 0.6) is 0 Å². The predicted octanol–water partition coefficient (Wildman–Crippen LogP) is 2.66. The molecule has 4 nitrogen and oxygen atoms in total. The van der Waals surface area contributed by atoms with Crippen LogP contribution in [0.1, 0.15) is 37.8 Å². The van der Waals surface area contributed by atoms with Gasteiger partial charge in [0.15, 0.2) is 0 Å². The van der Waals surface area contributed by atoms with E-state index in [0.29, 0.717) is 12.8 Å². The van der Waals surface area contributed by atoms with Crippen molar-refractivity contribution in [2.75, 3.05) is 0 Å². The van der Waals surface area contributed by atoms with Crippen LogP contribution in [-0.2, 0) is 10.0 Å². The number of nitrogens with zero attached hydrogens (tertiary/aromatic N) is 1. The molecule has 0 spiro atoms. The largest absolute Gasteiger partial charge is 0.241 e. The molecule has 0 aromatic heterocycles. The first-order chi connectivity index (χ1) is 8.80. The van der Waals surface area contributed by atoms with E-state index in [1.165, 1.54) is 0 Å². The topological polar surface area (TPSA) is 70.0 Å². The van der Waals surface area contributed by atoms with Gasteiger partial charge in [0.1, 0.15) is 5.54 Å². The summed E-state index contributed by atoms with van der Waals surface area (Å²) in [6.45, 7) is 7.40. The minimum atomic E-state index is -3.67. The maximum atomic E-state index is 12.3. The van der Waals surface area contributed by atoms with Gasteiger partial charge >= 0.3 is 0 Å². The highest BCUT2D eigenvalue weighted by molar-refractivity contribution is 7.89. The van der Waals surface area contributed by atoms with Gasteiger partial charge in [-0.1, -0.05) is 19.9 Å². The van der Waals surface area contributed by atoms with Crippen LogP contribution in [0.25, 0.3) is 0 Å². The molecule has 104 valence electrons. The van der Waals surface area contributed by atoms with Crippen molar-refractivity contribution in [3.8, 4) is 6.07 Å². The van der Waals surface area contributed by atoms with Crippen molar-refractivity contribution >= 4 is 10.0 Å². The van der Waals surface area contributed by atoms with Gasteiger partial charge in [0.25, 0.3) is 0 Å². The van der Waals surface area contributed by atoms with Crippen molar-refractivity contribution in [3.63, 3.8) is 0 Å².